The Balaban J connectivity index is 1.86. The average Bonchev–Trinajstić information content (AvgIpc) is 3.11. The summed E-state index contributed by atoms with van der Waals surface area (Å²) in [6, 6.07) is 2.93. The number of fused-ring (bicyclic) bond motifs is 1. The van der Waals surface area contributed by atoms with Gasteiger partial charge in [-0.25, -0.2) is 0 Å². The summed E-state index contributed by atoms with van der Waals surface area (Å²) in [4.78, 5) is 24.3. The molecule has 7 nitrogen and oxygen atoms in total. The minimum Gasteiger partial charge on any atom is -0.481 e. The summed E-state index contributed by atoms with van der Waals surface area (Å²) in [7, 11) is 0. The zero-order chi connectivity index (χ0) is 16.8. The third-order valence-corrected chi connectivity index (χ3v) is 3.88. The van der Waals surface area contributed by atoms with E-state index >= 15 is 0 Å². The van der Waals surface area contributed by atoms with Crippen molar-refractivity contribution < 1.29 is 27.9 Å². The Hall–Kier alpha value is -2.65. The molecule has 3 rings (SSSR count). The van der Waals surface area contributed by atoms with Crippen LogP contribution in [0.3, 0.4) is 0 Å². The van der Waals surface area contributed by atoms with Crippen molar-refractivity contribution in [2.24, 2.45) is 11.8 Å². The summed E-state index contributed by atoms with van der Waals surface area (Å²) in [6.07, 6.45) is -1.92. The van der Waals surface area contributed by atoms with E-state index in [1.165, 1.54) is 29.1 Å². The van der Waals surface area contributed by atoms with Gasteiger partial charge in [0.05, 0.1) is 17.4 Å². The van der Waals surface area contributed by atoms with Crippen molar-refractivity contribution in [3.8, 4) is 0 Å². The molecule has 0 aromatic carbocycles. The van der Waals surface area contributed by atoms with E-state index in [2.05, 4.69) is 10.2 Å². The molecule has 2 aromatic heterocycles. The summed E-state index contributed by atoms with van der Waals surface area (Å²) < 4.78 is 40.3. The zero-order valence-electron chi connectivity index (χ0n) is 11.6. The smallest absolute Gasteiger partial charge is 0.394 e. The molecule has 0 saturated carbocycles. The minimum atomic E-state index is -4.67. The molecule has 3 heterocycles. The van der Waals surface area contributed by atoms with E-state index in [-0.39, 0.29) is 5.56 Å². The standard InChI is InChI=1S/C13H11F3N4O3/c14-13(15,16)9-5-19(4-8(9)12(22)23)11(21)7-1-2-10-18-17-6-20(10)3-7/h1-3,6,8-9H,4-5H2,(H,22,23)/t8-,9-/m1/s1. The van der Waals surface area contributed by atoms with Gasteiger partial charge in [0.15, 0.2) is 5.65 Å². The predicted octanol–water partition coefficient (Wildman–Crippen LogP) is 1.06. The first-order valence-corrected chi connectivity index (χ1v) is 6.65. The Morgan fingerprint density at radius 2 is 2.00 bits per heavy atom. The number of nitrogens with zero attached hydrogens (tertiary/aromatic N) is 4. The highest BCUT2D eigenvalue weighted by molar-refractivity contribution is 5.95. The largest absolute Gasteiger partial charge is 0.481 e. The van der Waals surface area contributed by atoms with Crippen LogP contribution in [0.5, 0.6) is 0 Å². The average molecular weight is 328 g/mol. The Kier molecular flexibility index (Phi) is 3.46. The lowest BCUT2D eigenvalue weighted by atomic mass is 9.96. The lowest BCUT2D eigenvalue weighted by molar-refractivity contribution is -0.187. The number of halogens is 3. The molecule has 1 N–H and O–H groups in total. The van der Waals surface area contributed by atoms with Crippen molar-refractivity contribution in [2.75, 3.05) is 13.1 Å². The van der Waals surface area contributed by atoms with Gasteiger partial charge in [-0.1, -0.05) is 0 Å². The zero-order valence-corrected chi connectivity index (χ0v) is 11.6. The second-order valence-corrected chi connectivity index (χ2v) is 5.32. The third-order valence-electron chi connectivity index (χ3n) is 3.88. The monoisotopic (exact) mass is 328 g/mol. The van der Waals surface area contributed by atoms with E-state index in [1.807, 2.05) is 0 Å². The summed E-state index contributed by atoms with van der Waals surface area (Å²) in [5, 5.41) is 16.4. The fraction of sp³-hybridized carbons (Fsp3) is 0.385. The first-order chi connectivity index (χ1) is 10.8. The predicted molar refractivity (Wildman–Crippen MR) is 69.6 cm³/mol. The van der Waals surface area contributed by atoms with Crippen LogP contribution < -0.4 is 0 Å². The molecule has 10 heteroatoms. The van der Waals surface area contributed by atoms with Gasteiger partial charge in [-0.05, 0) is 12.1 Å². The van der Waals surface area contributed by atoms with Crippen LogP contribution in [0.2, 0.25) is 0 Å². The second kappa shape index (κ2) is 5.21. The number of amides is 1. The molecular formula is C13H11F3N4O3. The number of carboxylic acids is 1. The highest BCUT2D eigenvalue weighted by atomic mass is 19.4. The van der Waals surface area contributed by atoms with Gasteiger partial charge in [0, 0.05) is 19.3 Å². The SMILES string of the molecule is O=C(O)[C@@H]1CN(C(=O)c2ccc3nncn3c2)C[C@H]1C(F)(F)F. The maximum Gasteiger partial charge on any atom is 0.394 e. The molecule has 2 aromatic rings. The van der Waals surface area contributed by atoms with Gasteiger partial charge in [0.2, 0.25) is 0 Å². The maximum atomic E-state index is 13.0. The Morgan fingerprint density at radius 3 is 2.61 bits per heavy atom. The number of carbonyl (C=O) groups is 2. The van der Waals surface area contributed by atoms with Crippen LogP contribution in [-0.2, 0) is 4.79 Å². The number of aromatic nitrogens is 3. The number of hydrogen-bond acceptors (Lipinski definition) is 4. The molecule has 0 spiro atoms. The molecule has 0 bridgehead atoms. The lowest BCUT2D eigenvalue weighted by Gasteiger charge is -2.18. The lowest BCUT2D eigenvalue weighted by Crippen LogP contribution is -2.34. The molecule has 1 amide bonds. The number of alkyl halides is 3. The fourth-order valence-corrected chi connectivity index (χ4v) is 2.69. The number of likely N-dealkylation sites (tertiary alicyclic amines) is 1. The van der Waals surface area contributed by atoms with E-state index in [0.717, 1.165) is 4.90 Å². The van der Waals surface area contributed by atoms with Crippen molar-refractivity contribution in [3.63, 3.8) is 0 Å². The van der Waals surface area contributed by atoms with Crippen LogP contribution in [-0.4, -0.2) is 55.7 Å². The first-order valence-electron chi connectivity index (χ1n) is 6.65. The van der Waals surface area contributed by atoms with E-state index in [4.69, 9.17) is 5.11 Å². The molecule has 122 valence electrons. The van der Waals surface area contributed by atoms with Crippen LogP contribution in [0, 0.1) is 11.8 Å². The summed E-state index contributed by atoms with van der Waals surface area (Å²) >= 11 is 0. The van der Waals surface area contributed by atoms with Crippen molar-refractivity contribution in [3.05, 3.63) is 30.2 Å². The number of pyridine rings is 1. The van der Waals surface area contributed by atoms with Crippen molar-refractivity contribution in [1.29, 1.82) is 0 Å². The van der Waals surface area contributed by atoms with Gasteiger partial charge in [0.25, 0.3) is 5.91 Å². The van der Waals surface area contributed by atoms with Gasteiger partial charge in [0.1, 0.15) is 6.33 Å². The van der Waals surface area contributed by atoms with Crippen molar-refractivity contribution in [2.45, 2.75) is 6.18 Å². The minimum absolute atomic E-state index is 0.143. The van der Waals surface area contributed by atoms with Gasteiger partial charge in [-0.2, -0.15) is 13.2 Å². The Morgan fingerprint density at radius 1 is 1.26 bits per heavy atom. The molecule has 23 heavy (non-hydrogen) atoms. The fourth-order valence-electron chi connectivity index (χ4n) is 2.69. The summed E-state index contributed by atoms with van der Waals surface area (Å²) in [5.74, 6) is -5.93. The molecule has 0 radical (unpaired) electrons. The summed E-state index contributed by atoms with van der Waals surface area (Å²) in [5.41, 5.74) is 0.629. The molecule has 2 atom stereocenters. The van der Waals surface area contributed by atoms with Crippen LogP contribution >= 0.6 is 0 Å². The molecule has 1 aliphatic rings. The topological polar surface area (TPSA) is 87.8 Å². The van der Waals surface area contributed by atoms with Gasteiger partial charge in [-0.3, -0.25) is 14.0 Å². The van der Waals surface area contributed by atoms with Gasteiger partial charge < -0.3 is 10.0 Å². The number of carbonyl (C=O) groups excluding carboxylic acids is 1. The van der Waals surface area contributed by atoms with E-state index < -0.39 is 43.0 Å². The van der Waals surface area contributed by atoms with E-state index in [0.29, 0.717) is 5.65 Å². The second-order valence-electron chi connectivity index (χ2n) is 5.32. The van der Waals surface area contributed by atoms with Crippen molar-refractivity contribution >= 4 is 17.5 Å². The molecule has 1 saturated heterocycles. The van der Waals surface area contributed by atoms with E-state index in [1.54, 1.807) is 0 Å². The van der Waals surface area contributed by atoms with Crippen molar-refractivity contribution in [1.82, 2.24) is 19.5 Å². The highest BCUT2D eigenvalue weighted by Gasteiger charge is 2.53. The third kappa shape index (κ3) is 2.71. The summed E-state index contributed by atoms with van der Waals surface area (Å²) in [6.45, 7) is -1.14. The number of aliphatic carboxylic acids is 1. The molecular weight excluding hydrogens is 317 g/mol. The molecule has 1 aliphatic heterocycles. The Bertz CT molecular complexity index is 773. The van der Waals surface area contributed by atoms with Crippen LogP contribution in [0.15, 0.2) is 24.7 Å². The highest BCUT2D eigenvalue weighted by Crippen LogP contribution is 2.38. The number of rotatable bonds is 2. The van der Waals surface area contributed by atoms with Crippen LogP contribution in [0.1, 0.15) is 10.4 Å². The Labute approximate surface area is 127 Å². The van der Waals surface area contributed by atoms with Gasteiger partial charge in [-0.15, -0.1) is 10.2 Å². The molecule has 0 unspecified atom stereocenters. The van der Waals surface area contributed by atoms with Gasteiger partial charge >= 0.3 is 12.1 Å². The quantitative estimate of drug-likeness (QED) is 0.891. The van der Waals surface area contributed by atoms with E-state index in [9.17, 15) is 22.8 Å². The molecule has 1 fully saturated rings. The number of hydrogen-bond donors (Lipinski definition) is 1. The normalized spacial score (nSPS) is 21.8. The van der Waals surface area contributed by atoms with Crippen LogP contribution in [0.25, 0.3) is 5.65 Å². The van der Waals surface area contributed by atoms with Crippen LogP contribution in [0.4, 0.5) is 13.2 Å². The first kappa shape index (κ1) is 15.3. The number of carboxylic acid groups (broad SMARTS) is 1. The molecule has 0 aliphatic carbocycles. The maximum absolute atomic E-state index is 13.0.